The van der Waals surface area contributed by atoms with E-state index < -0.39 is 24.0 Å². The summed E-state index contributed by atoms with van der Waals surface area (Å²) in [7, 11) is 0. The summed E-state index contributed by atoms with van der Waals surface area (Å²) >= 11 is 0. The van der Waals surface area contributed by atoms with Crippen molar-refractivity contribution in [3.05, 3.63) is 29.8 Å². The number of hydrogen-bond acceptors (Lipinski definition) is 6. The Morgan fingerprint density at radius 1 is 1.14 bits per heavy atom. The predicted molar refractivity (Wildman–Crippen MR) is 102 cm³/mol. The van der Waals surface area contributed by atoms with E-state index >= 15 is 0 Å². The third-order valence-electron chi connectivity index (χ3n) is 4.83. The molecule has 1 aliphatic heterocycles. The highest BCUT2D eigenvalue weighted by Crippen LogP contribution is 2.31. The van der Waals surface area contributed by atoms with Gasteiger partial charge in [-0.05, 0) is 36.6 Å². The van der Waals surface area contributed by atoms with Crippen molar-refractivity contribution < 1.29 is 23.8 Å². The molecule has 0 spiro atoms. The summed E-state index contributed by atoms with van der Waals surface area (Å²) in [5.41, 5.74) is -0.0714. The van der Waals surface area contributed by atoms with Gasteiger partial charge in [-0.25, -0.2) is 4.79 Å². The number of nitriles is 1. The molecular weight excluding hydrogens is 360 g/mol. The van der Waals surface area contributed by atoms with E-state index in [1.807, 2.05) is 6.07 Å². The van der Waals surface area contributed by atoms with Crippen molar-refractivity contribution in [1.82, 2.24) is 5.32 Å². The van der Waals surface area contributed by atoms with Gasteiger partial charge in [-0.1, -0.05) is 25.3 Å². The van der Waals surface area contributed by atoms with Gasteiger partial charge in [-0.2, -0.15) is 5.26 Å². The average Bonchev–Trinajstić information content (AvgIpc) is 2.96. The van der Waals surface area contributed by atoms with Gasteiger partial charge in [0.1, 0.15) is 5.54 Å². The second-order valence-corrected chi connectivity index (χ2v) is 7.00. The summed E-state index contributed by atoms with van der Waals surface area (Å²) in [6, 6.07) is 7.60. The Kier molecular flexibility index (Phi) is 6.53. The minimum absolute atomic E-state index is 0.409. The number of nitrogens with one attached hydrogen (secondary N) is 1. The van der Waals surface area contributed by atoms with Crippen LogP contribution in [0.4, 0.5) is 0 Å². The van der Waals surface area contributed by atoms with Crippen molar-refractivity contribution in [2.24, 2.45) is 0 Å². The van der Waals surface area contributed by atoms with Crippen molar-refractivity contribution >= 4 is 18.0 Å². The number of rotatable bonds is 5. The van der Waals surface area contributed by atoms with Gasteiger partial charge in [0.15, 0.2) is 18.1 Å². The van der Waals surface area contributed by atoms with Gasteiger partial charge < -0.3 is 19.5 Å². The minimum Gasteiger partial charge on any atom is -0.490 e. The average molecular weight is 384 g/mol. The molecule has 0 saturated heterocycles. The van der Waals surface area contributed by atoms with E-state index in [0.29, 0.717) is 37.6 Å². The topological polar surface area (TPSA) is 97.7 Å². The maximum absolute atomic E-state index is 12.1. The van der Waals surface area contributed by atoms with Crippen molar-refractivity contribution in [3.63, 3.8) is 0 Å². The minimum atomic E-state index is -0.832. The van der Waals surface area contributed by atoms with Crippen LogP contribution in [-0.4, -0.2) is 37.2 Å². The molecule has 1 aromatic rings. The molecule has 1 N–H and O–H groups in total. The number of nitrogens with zero attached hydrogens (tertiary/aromatic N) is 1. The summed E-state index contributed by atoms with van der Waals surface area (Å²) in [6.45, 7) is 0.791. The molecule has 1 aliphatic carbocycles. The summed E-state index contributed by atoms with van der Waals surface area (Å²) in [6.07, 6.45) is 7.82. The zero-order chi connectivity index (χ0) is 19.8. The zero-order valence-corrected chi connectivity index (χ0v) is 15.7. The molecule has 7 nitrogen and oxygen atoms in total. The second-order valence-electron chi connectivity index (χ2n) is 7.00. The quantitative estimate of drug-likeness (QED) is 0.619. The molecule has 0 bridgehead atoms. The molecule has 1 fully saturated rings. The van der Waals surface area contributed by atoms with Crippen LogP contribution in [0, 0.1) is 11.3 Å². The third-order valence-corrected chi connectivity index (χ3v) is 4.83. The normalized spacial score (nSPS) is 18.0. The molecule has 0 radical (unpaired) electrons. The fourth-order valence-corrected chi connectivity index (χ4v) is 3.36. The molecule has 3 rings (SSSR count). The number of fused-ring (bicyclic) bond motifs is 1. The van der Waals surface area contributed by atoms with Gasteiger partial charge in [0.05, 0.1) is 19.3 Å². The summed E-state index contributed by atoms with van der Waals surface area (Å²) in [5.74, 6) is 0.238. The monoisotopic (exact) mass is 384 g/mol. The van der Waals surface area contributed by atoms with Crippen LogP contribution in [0.1, 0.15) is 44.1 Å². The predicted octanol–water partition coefficient (Wildman–Crippen LogP) is 2.75. The lowest BCUT2D eigenvalue weighted by atomic mass is 9.83. The lowest BCUT2D eigenvalue weighted by Crippen LogP contribution is -2.49. The molecule has 28 heavy (non-hydrogen) atoms. The van der Waals surface area contributed by atoms with E-state index in [1.165, 1.54) is 6.08 Å². The van der Waals surface area contributed by atoms with Crippen LogP contribution in [-0.2, 0) is 14.3 Å². The lowest BCUT2D eigenvalue weighted by molar-refractivity contribution is -0.144. The van der Waals surface area contributed by atoms with Crippen LogP contribution < -0.4 is 14.8 Å². The Bertz CT molecular complexity index is 790. The van der Waals surface area contributed by atoms with Gasteiger partial charge in [-0.15, -0.1) is 0 Å². The summed E-state index contributed by atoms with van der Waals surface area (Å²) in [5, 5.41) is 12.1. The first-order valence-corrected chi connectivity index (χ1v) is 9.57. The highest BCUT2D eigenvalue weighted by molar-refractivity contribution is 5.89. The highest BCUT2D eigenvalue weighted by atomic mass is 16.5. The van der Waals surface area contributed by atoms with Crippen LogP contribution in [0.25, 0.3) is 6.08 Å². The lowest BCUT2D eigenvalue weighted by Gasteiger charge is -2.31. The van der Waals surface area contributed by atoms with Gasteiger partial charge in [0, 0.05) is 12.5 Å². The Morgan fingerprint density at radius 3 is 2.64 bits per heavy atom. The van der Waals surface area contributed by atoms with E-state index in [-0.39, 0.29) is 0 Å². The van der Waals surface area contributed by atoms with Crippen molar-refractivity contribution in [3.8, 4) is 17.6 Å². The SMILES string of the molecule is N#CC1(NC(=O)COC(=O)/C=C/c2ccc3c(c2)OCCCO3)CCCCC1. The standard InChI is InChI=1S/C21H24N2O5/c22-15-21(9-2-1-3-10-21)23-19(24)14-28-20(25)8-6-16-5-7-17-18(13-16)27-12-4-11-26-17/h5-8,13H,1-4,9-12,14H2,(H,23,24)/b8-6+. The number of esters is 1. The first-order chi connectivity index (χ1) is 13.6. The van der Waals surface area contributed by atoms with Crippen molar-refractivity contribution in [1.29, 1.82) is 5.26 Å². The van der Waals surface area contributed by atoms with Crippen molar-refractivity contribution in [2.45, 2.75) is 44.1 Å². The number of amides is 1. The third kappa shape index (κ3) is 5.26. The van der Waals surface area contributed by atoms with E-state index in [2.05, 4.69) is 11.4 Å². The van der Waals surface area contributed by atoms with Crippen molar-refractivity contribution in [2.75, 3.05) is 19.8 Å². The Labute approximate surface area is 164 Å². The molecule has 7 heteroatoms. The molecule has 2 aliphatic rings. The van der Waals surface area contributed by atoms with E-state index in [9.17, 15) is 14.9 Å². The summed E-state index contributed by atoms with van der Waals surface area (Å²) in [4.78, 5) is 23.9. The molecule has 1 heterocycles. The van der Waals surface area contributed by atoms with Gasteiger partial charge in [-0.3, -0.25) is 4.79 Å². The van der Waals surface area contributed by atoms with E-state index in [0.717, 1.165) is 31.2 Å². The smallest absolute Gasteiger partial charge is 0.331 e. The molecule has 1 saturated carbocycles. The molecule has 1 amide bonds. The maximum Gasteiger partial charge on any atom is 0.331 e. The number of benzene rings is 1. The molecule has 1 aromatic carbocycles. The van der Waals surface area contributed by atoms with Gasteiger partial charge in [0.2, 0.25) is 0 Å². The van der Waals surface area contributed by atoms with Crippen LogP contribution in [0.5, 0.6) is 11.5 Å². The first-order valence-electron chi connectivity index (χ1n) is 9.57. The zero-order valence-electron chi connectivity index (χ0n) is 15.7. The van der Waals surface area contributed by atoms with Crippen LogP contribution in [0.15, 0.2) is 24.3 Å². The fourth-order valence-electron chi connectivity index (χ4n) is 3.36. The van der Waals surface area contributed by atoms with Crippen LogP contribution in [0.2, 0.25) is 0 Å². The largest absolute Gasteiger partial charge is 0.490 e. The maximum atomic E-state index is 12.1. The van der Waals surface area contributed by atoms with Crippen LogP contribution in [0.3, 0.4) is 0 Å². The molecule has 0 unspecified atom stereocenters. The van der Waals surface area contributed by atoms with Gasteiger partial charge in [0.25, 0.3) is 5.91 Å². The number of hydrogen-bond donors (Lipinski definition) is 1. The van der Waals surface area contributed by atoms with E-state index in [4.69, 9.17) is 14.2 Å². The molecule has 148 valence electrons. The number of carbonyl (C=O) groups is 2. The molecule has 0 aromatic heterocycles. The Hall–Kier alpha value is -3.01. The highest BCUT2D eigenvalue weighted by Gasteiger charge is 2.33. The van der Waals surface area contributed by atoms with E-state index in [1.54, 1.807) is 18.2 Å². The Morgan fingerprint density at radius 2 is 1.89 bits per heavy atom. The Balaban J connectivity index is 1.49. The number of ether oxygens (including phenoxy) is 3. The summed E-state index contributed by atoms with van der Waals surface area (Å²) < 4.78 is 16.2. The van der Waals surface area contributed by atoms with Gasteiger partial charge >= 0.3 is 5.97 Å². The van der Waals surface area contributed by atoms with Crippen LogP contribution >= 0.6 is 0 Å². The number of carbonyl (C=O) groups excluding carboxylic acids is 2. The first kappa shape index (κ1) is 19.7. The molecule has 0 atom stereocenters. The molecular formula is C21H24N2O5. The second kappa shape index (κ2) is 9.27. The fraction of sp³-hybridized carbons (Fsp3) is 0.476.